The highest BCUT2D eigenvalue weighted by molar-refractivity contribution is 7.47. The van der Waals surface area contributed by atoms with E-state index in [1.54, 1.807) is 0 Å². The van der Waals surface area contributed by atoms with Crippen LogP contribution in [0.1, 0.15) is 316 Å². The molecule has 0 aliphatic rings. The Hall–Kier alpha value is -4.83. The Morgan fingerprint density at radius 2 is 0.505 bits per heavy atom. The van der Waals surface area contributed by atoms with Crippen molar-refractivity contribution in [3.8, 4) is 0 Å². The van der Waals surface area contributed by atoms with Crippen LogP contribution in [0.4, 0.5) is 0 Å². The summed E-state index contributed by atoms with van der Waals surface area (Å²) in [6, 6.07) is 0. The Morgan fingerprint density at radius 1 is 0.276 bits per heavy atom. The largest absolute Gasteiger partial charge is 0.472 e. The standard InChI is InChI=1S/C87H146O16P2/c1-4-7-10-13-16-19-22-25-28-31-34-36-37-38-39-40-41-42-43-45-48-49-52-55-58-61-64-67-70-73-85(90)97-76-82(88)77-99-104(93,94)100-78-83(89)79-101-105(95,96)102-81-84(103-87(92)75-72-69-66-63-60-57-54-51-46-33-30-27-24-21-18-15-12-9-6-3)80-98-86(91)74-71-68-65-62-59-56-53-50-47-44-35-32-29-26-23-20-17-14-11-8-5-2/h7-8,10-11,16-21,25-30,34-36,38-39,44,46,50-51,53,82-84,88-89H,4-6,9,12-15,22-24,31-33,37,40-43,45,47-49,52,54-81H2,1-3H3,(H,93,94)(H,95,96)/b10-7-,11-8-,19-16-,20-17-,21-18-,28-25-,29-26-,30-27-,36-34-,39-38-,44-35-,51-46-,53-50-. The minimum absolute atomic E-state index is 0.0809. The van der Waals surface area contributed by atoms with E-state index in [4.69, 9.17) is 32.3 Å². The van der Waals surface area contributed by atoms with Crippen LogP contribution in [-0.2, 0) is 55.8 Å². The number of aliphatic hydroxyl groups excluding tert-OH is 2. The monoisotopic (exact) mass is 1510 g/mol. The van der Waals surface area contributed by atoms with Gasteiger partial charge in [-0.05, 0) is 148 Å². The zero-order chi connectivity index (χ0) is 76.6. The molecule has 0 amide bonds. The van der Waals surface area contributed by atoms with Gasteiger partial charge in [0.2, 0.25) is 0 Å². The Morgan fingerprint density at radius 3 is 0.800 bits per heavy atom. The second-order valence-corrected chi connectivity index (χ2v) is 29.7. The third kappa shape index (κ3) is 80.0. The zero-order valence-electron chi connectivity index (χ0n) is 65.6. The minimum atomic E-state index is -4.95. The summed E-state index contributed by atoms with van der Waals surface area (Å²) in [6.45, 7) is 2.40. The zero-order valence-corrected chi connectivity index (χ0v) is 67.4. The molecule has 18 heteroatoms. The maximum atomic E-state index is 13.0. The van der Waals surface area contributed by atoms with E-state index in [0.29, 0.717) is 19.3 Å². The van der Waals surface area contributed by atoms with Gasteiger partial charge in [-0.25, -0.2) is 9.13 Å². The quantitative estimate of drug-likeness (QED) is 0.0146. The van der Waals surface area contributed by atoms with Crippen LogP contribution in [0.3, 0.4) is 0 Å². The van der Waals surface area contributed by atoms with Crippen molar-refractivity contribution in [3.63, 3.8) is 0 Å². The van der Waals surface area contributed by atoms with Crippen molar-refractivity contribution in [2.24, 2.45) is 0 Å². The number of phosphoric ester groups is 2. The number of rotatable bonds is 76. The number of hydrogen-bond acceptors (Lipinski definition) is 14. The number of aliphatic hydroxyl groups is 2. The molecule has 0 saturated heterocycles. The topological polar surface area (TPSA) is 231 Å². The molecule has 0 aromatic carbocycles. The lowest BCUT2D eigenvalue weighted by molar-refractivity contribution is -0.161. The first-order valence-corrected chi connectivity index (χ1v) is 43.8. The van der Waals surface area contributed by atoms with Crippen molar-refractivity contribution >= 4 is 33.6 Å². The molecule has 5 atom stereocenters. The van der Waals surface area contributed by atoms with Crippen LogP contribution in [0.2, 0.25) is 0 Å². The molecule has 0 fully saturated rings. The average molecular weight is 1510 g/mol. The number of phosphoric acid groups is 2. The third-order valence-electron chi connectivity index (χ3n) is 16.7. The van der Waals surface area contributed by atoms with Crippen LogP contribution < -0.4 is 0 Å². The molecule has 4 N–H and O–H groups in total. The maximum Gasteiger partial charge on any atom is 0.472 e. The van der Waals surface area contributed by atoms with E-state index in [1.807, 2.05) is 0 Å². The third-order valence-corrected chi connectivity index (χ3v) is 18.6. The lowest BCUT2D eigenvalue weighted by atomic mass is 10.0. The molecule has 0 aliphatic carbocycles. The first-order chi connectivity index (χ1) is 51.2. The molecule has 16 nitrogen and oxygen atoms in total. The summed E-state index contributed by atoms with van der Waals surface area (Å²) >= 11 is 0. The van der Waals surface area contributed by atoms with Gasteiger partial charge in [0.25, 0.3) is 0 Å². The summed E-state index contributed by atoms with van der Waals surface area (Å²) in [5, 5.41) is 20.7. The van der Waals surface area contributed by atoms with Crippen LogP contribution in [-0.4, -0.2) is 95.9 Å². The lowest BCUT2D eigenvalue weighted by Gasteiger charge is -2.21. The molecule has 0 radical (unpaired) electrons. The number of hydrogen-bond donors (Lipinski definition) is 4. The Bertz CT molecular complexity index is 2540. The number of ether oxygens (including phenoxy) is 3. The van der Waals surface area contributed by atoms with Crippen LogP contribution in [0.25, 0.3) is 0 Å². The normalized spacial score (nSPS) is 14.8. The molecule has 0 spiro atoms. The molecule has 0 saturated carbocycles. The van der Waals surface area contributed by atoms with Crippen molar-refractivity contribution in [2.75, 3.05) is 39.6 Å². The molecule has 0 heterocycles. The van der Waals surface area contributed by atoms with Crippen molar-refractivity contribution in [3.05, 3.63) is 158 Å². The summed E-state index contributed by atoms with van der Waals surface area (Å²) in [4.78, 5) is 58.8. The summed E-state index contributed by atoms with van der Waals surface area (Å²) in [6.07, 6.45) is 98.5. The van der Waals surface area contributed by atoms with Gasteiger partial charge in [-0.15, -0.1) is 0 Å². The van der Waals surface area contributed by atoms with Gasteiger partial charge in [-0.3, -0.25) is 32.5 Å². The molecule has 5 unspecified atom stereocenters. The summed E-state index contributed by atoms with van der Waals surface area (Å²) < 4.78 is 61.2. The molecule has 0 rings (SSSR count). The van der Waals surface area contributed by atoms with Crippen LogP contribution in [0.5, 0.6) is 0 Å². The SMILES string of the molecule is CC/C=C\C/C=C\C/C=C\C/C=C\C/C=C\CCCCCCCCCCCCCCCC(=O)OCC(O)COP(=O)(O)OCC(O)COP(=O)(O)OCC(COC(=O)CCCCCCC/C=C\C/C=C\C/C=C\C/C=C\C/C=C\CC)OC(=O)CCCCCCCC/C=C\C/C=C\C/C=C\CCCCC. The lowest BCUT2D eigenvalue weighted by Crippen LogP contribution is -2.30. The highest BCUT2D eigenvalue weighted by Crippen LogP contribution is 2.45. The van der Waals surface area contributed by atoms with Crippen molar-refractivity contribution in [2.45, 2.75) is 334 Å². The highest BCUT2D eigenvalue weighted by Gasteiger charge is 2.29. The highest BCUT2D eigenvalue weighted by atomic mass is 31.2. The van der Waals surface area contributed by atoms with Crippen LogP contribution in [0, 0.1) is 0 Å². The van der Waals surface area contributed by atoms with Crippen LogP contribution in [0.15, 0.2) is 158 Å². The first-order valence-electron chi connectivity index (χ1n) is 40.8. The van der Waals surface area contributed by atoms with Crippen molar-refractivity contribution in [1.29, 1.82) is 0 Å². The van der Waals surface area contributed by atoms with Gasteiger partial charge < -0.3 is 34.2 Å². The van der Waals surface area contributed by atoms with E-state index in [9.17, 15) is 43.5 Å². The molecule has 0 bridgehead atoms. The number of carbonyl (C=O) groups is 3. The molecule has 0 aromatic rings. The second-order valence-electron chi connectivity index (χ2n) is 26.8. The summed E-state index contributed by atoms with van der Waals surface area (Å²) in [5.74, 6) is -1.61. The van der Waals surface area contributed by atoms with Crippen LogP contribution >= 0.6 is 15.6 Å². The number of carbonyl (C=O) groups excluding carboxylic acids is 3. The predicted molar refractivity (Wildman–Crippen MR) is 435 cm³/mol. The van der Waals surface area contributed by atoms with Gasteiger partial charge in [0.05, 0.1) is 26.4 Å². The minimum Gasteiger partial charge on any atom is -0.463 e. The Labute approximate surface area is 638 Å². The number of esters is 3. The van der Waals surface area contributed by atoms with Gasteiger partial charge in [0.15, 0.2) is 6.10 Å². The van der Waals surface area contributed by atoms with Gasteiger partial charge >= 0.3 is 33.6 Å². The molecule has 0 aromatic heterocycles. The van der Waals surface area contributed by atoms with Crippen molar-refractivity contribution in [1.82, 2.24) is 0 Å². The fourth-order valence-electron chi connectivity index (χ4n) is 10.6. The van der Waals surface area contributed by atoms with E-state index < -0.39 is 91.5 Å². The number of allylic oxidation sites excluding steroid dienone is 26. The Kier molecular flexibility index (Phi) is 75.1. The van der Waals surface area contributed by atoms with Gasteiger partial charge in [-0.1, -0.05) is 307 Å². The first kappa shape index (κ1) is 100. The van der Waals surface area contributed by atoms with E-state index in [2.05, 4.69) is 179 Å². The Balaban J connectivity index is 4.62. The summed E-state index contributed by atoms with van der Waals surface area (Å²) in [5.41, 5.74) is 0. The molecule has 600 valence electrons. The van der Waals surface area contributed by atoms with Gasteiger partial charge in [0.1, 0.15) is 25.4 Å². The molecule has 105 heavy (non-hydrogen) atoms. The average Bonchev–Trinajstić information content (AvgIpc) is 0.911. The van der Waals surface area contributed by atoms with Gasteiger partial charge in [-0.2, -0.15) is 0 Å². The molecular weight excluding hydrogens is 1360 g/mol. The van der Waals surface area contributed by atoms with E-state index in [0.717, 1.165) is 180 Å². The van der Waals surface area contributed by atoms with Gasteiger partial charge in [0, 0.05) is 19.3 Å². The second kappa shape index (κ2) is 78.7. The summed E-state index contributed by atoms with van der Waals surface area (Å²) in [7, 11) is -9.81. The van der Waals surface area contributed by atoms with E-state index >= 15 is 0 Å². The smallest absolute Gasteiger partial charge is 0.463 e. The number of unbranched alkanes of at least 4 members (excludes halogenated alkanes) is 27. The van der Waals surface area contributed by atoms with E-state index in [-0.39, 0.29) is 19.3 Å². The maximum absolute atomic E-state index is 13.0. The molecular formula is C87H146O16P2. The fraction of sp³-hybridized carbons (Fsp3) is 0.667. The van der Waals surface area contributed by atoms with E-state index in [1.165, 1.54) is 77.0 Å². The predicted octanol–water partition coefficient (Wildman–Crippen LogP) is 24.2. The fourth-order valence-corrected chi connectivity index (χ4v) is 12.2. The van der Waals surface area contributed by atoms with Crippen molar-refractivity contribution < 1.29 is 75.8 Å². The molecule has 0 aliphatic heterocycles.